The summed E-state index contributed by atoms with van der Waals surface area (Å²) in [7, 11) is 3.36. The van der Waals surface area contributed by atoms with Crippen LogP contribution in [-0.4, -0.2) is 48.9 Å². The molecule has 0 aliphatic carbocycles. The summed E-state index contributed by atoms with van der Waals surface area (Å²) in [5, 5.41) is 0.672. The molecule has 0 spiro atoms. The molecular weight excluding hydrogens is 254 g/mol. The lowest BCUT2D eigenvalue weighted by molar-refractivity contribution is -0.118. The Morgan fingerprint density at radius 2 is 2.00 bits per heavy atom. The number of likely N-dealkylation sites (N-methyl/N-ethyl adjacent to an activating group) is 1. The second-order valence-electron chi connectivity index (χ2n) is 3.85. The molecule has 2 amide bonds. The van der Waals surface area contributed by atoms with Crippen LogP contribution in [0.1, 0.15) is 16.6 Å². The summed E-state index contributed by atoms with van der Waals surface area (Å²) in [6.45, 7) is 2.59. The van der Waals surface area contributed by atoms with Crippen LogP contribution in [0.25, 0.3) is 0 Å². The Morgan fingerprint density at radius 3 is 2.50 bits per heavy atom. The highest BCUT2D eigenvalue weighted by molar-refractivity contribution is 7.18. The highest BCUT2D eigenvalue weighted by Crippen LogP contribution is 2.28. The Bertz CT molecular complexity index is 459. The summed E-state index contributed by atoms with van der Waals surface area (Å²) >= 11 is 1.20. The van der Waals surface area contributed by atoms with Crippen molar-refractivity contribution in [1.29, 1.82) is 0 Å². The van der Waals surface area contributed by atoms with Crippen LogP contribution in [-0.2, 0) is 4.79 Å². The van der Waals surface area contributed by atoms with Crippen molar-refractivity contribution in [2.75, 3.05) is 37.8 Å². The maximum absolute atomic E-state index is 12.0. The molecule has 1 aromatic heterocycles. The largest absolute Gasteiger partial charge is 0.382 e. The fraction of sp³-hybridized carbons (Fsp3) is 0.500. The van der Waals surface area contributed by atoms with E-state index in [0.717, 1.165) is 6.54 Å². The lowest BCUT2D eigenvalue weighted by atomic mass is 10.4. The van der Waals surface area contributed by atoms with E-state index in [2.05, 4.69) is 4.98 Å². The number of rotatable bonds is 5. The number of primary amides is 1. The molecule has 8 heteroatoms. The zero-order valence-electron chi connectivity index (χ0n) is 10.6. The van der Waals surface area contributed by atoms with Crippen LogP contribution in [0.3, 0.4) is 0 Å². The first-order chi connectivity index (χ1) is 8.36. The van der Waals surface area contributed by atoms with Gasteiger partial charge >= 0.3 is 0 Å². The minimum absolute atomic E-state index is 0.144. The number of carbonyl (C=O) groups is 2. The van der Waals surface area contributed by atoms with Gasteiger partial charge < -0.3 is 21.3 Å². The fourth-order valence-electron chi connectivity index (χ4n) is 1.25. The minimum atomic E-state index is -0.570. The van der Waals surface area contributed by atoms with Crippen molar-refractivity contribution in [3.8, 4) is 0 Å². The monoisotopic (exact) mass is 271 g/mol. The molecule has 1 rings (SSSR count). The number of hydrogen-bond acceptors (Lipinski definition) is 6. The summed E-state index contributed by atoms with van der Waals surface area (Å²) in [6.07, 6.45) is 0. The number of hydrogen-bond donors (Lipinski definition) is 2. The number of carbonyl (C=O) groups excluding carboxylic acids is 2. The second kappa shape index (κ2) is 5.67. The smallest absolute Gasteiger partial charge is 0.268 e. The van der Waals surface area contributed by atoms with Crippen molar-refractivity contribution in [2.24, 2.45) is 5.73 Å². The number of amides is 2. The molecule has 0 bridgehead atoms. The summed E-state index contributed by atoms with van der Waals surface area (Å²) in [6, 6.07) is 0. The van der Waals surface area contributed by atoms with Crippen LogP contribution in [0.5, 0.6) is 0 Å². The number of thiazole rings is 1. The third-order valence-electron chi connectivity index (χ3n) is 2.38. The van der Waals surface area contributed by atoms with Gasteiger partial charge in [0.15, 0.2) is 5.13 Å². The Balaban J connectivity index is 2.92. The number of nitrogen functional groups attached to an aromatic ring is 1. The van der Waals surface area contributed by atoms with Crippen molar-refractivity contribution in [3.05, 3.63) is 4.88 Å². The van der Waals surface area contributed by atoms with Crippen LogP contribution >= 0.6 is 11.3 Å². The molecule has 0 aliphatic rings. The molecular formula is C10H17N5O2S. The lowest BCUT2D eigenvalue weighted by Gasteiger charge is -2.14. The predicted octanol–water partition coefficient (Wildman–Crippen LogP) is -0.261. The van der Waals surface area contributed by atoms with Gasteiger partial charge in [0.1, 0.15) is 10.7 Å². The van der Waals surface area contributed by atoms with Crippen LogP contribution in [0.2, 0.25) is 0 Å². The molecule has 4 N–H and O–H groups in total. The molecule has 0 radical (unpaired) electrons. The molecule has 0 aromatic carbocycles. The molecule has 0 saturated carbocycles. The maximum atomic E-state index is 12.0. The van der Waals surface area contributed by atoms with Gasteiger partial charge in [0, 0.05) is 20.6 Å². The third kappa shape index (κ3) is 3.10. The van der Waals surface area contributed by atoms with E-state index >= 15 is 0 Å². The Morgan fingerprint density at radius 1 is 1.39 bits per heavy atom. The van der Waals surface area contributed by atoms with Crippen molar-refractivity contribution in [2.45, 2.75) is 6.92 Å². The van der Waals surface area contributed by atoms with E-state index in [1.807, 2.05) is 18.9 Å². The van der Waals surface area contributed by atoms with E-state index < -0.39 is 5.91 Å². The first kappa shape index (κ1) is 14.2. The topological polar surface area (TPSA) is 106 Å². The van der Waals surface area contributed by atoms with Gasteiger partial charge in [-0.05, 0) is 6.92 Å². The van der Waals surface area contributed by atoms with Crippen LogP contribution in [0.4, 0.5) is 10.9 Å². The van der Waals surface area contributed by atoms with Gasteiger partial charge in [-0.1, -0.05) is 11.3 Å². The van der Waals surface area contributed by atoms with Gasteiger partial charge in [0.2, 0.25) is 5.91 Å². The molecule has 0 unspecified atom stereocenters. The fourth-order valence-corrected chi connectivity index (χ4v) is 2.26. The van der Waals surface area contributed by atoms with Crippen molar-refractivity contribution in [1.82, 2.24) is 9.88 Å². The number of anilines is 2. The maximum Gasteiger partial charge on any atom is 0.268 e. The van der Waals surface area contributed by atoms with E-state index in [-0.39, 0.29) is 18.3 Å². The standard InChI is InChI=1S/C10H17N5O2S/c1-4-14(2)10-13-8(12)7(18-10)9(17)15(3)5-6(11)16/h4-5,12H2,1-3H3,(H2,11,16). The van der Waals surface area contributed by atoms with Crippen molar-refractivity contribution < 1.29 is 9.59 Å². The Labute approximate surface area is 109 Å². The Kier molecular flexibility index (Phi) is 4.49. The SMILES string of the molecule is CCN(C)c1nc(N)c(C(=O)N(C)CC(N)=O)s1. The summed E-state index contributed by atoms with van der Waals surface area (Å²) < 4.78 is 0. The van der Waals surface area contributed by atoms with Crippen LogP contribution < -0.4 is 16.4 Å². The average Bonchev–Trinajstić information content (AvgIpc) is 2.68. The van der Waals surface area contributed by atoms with Crippen LogP contribution in [0, 0.1) is 0 Å². The van der Waals surface area contributed by atoms with Crippen molar-refractivity contribution >= 4 is 34.1 Å². The molecule has 0 atom stereocenters. The minimum Gasteiger partial charge on any atom is -0.382 e. The average molecular weight is 271 g/mol. The van der Waals surface area contributed by atoms with E-state index in [9.17, 15) is 9.59 Å². The van der Waals surface area contributed by atoms with Gasteiger partial charge in [-0.3, -0.25) is 9.59 Å². The zero-order chi connectivity index (χ0) is 13.9. The predicted molar refractivity (Wildman–Crippen MR) is 71.6 cm³/mol. The summed E-state index contributed by atoms with van der Waals surface area (Å²) in [5.74, 6) is -0.740. The summed E-state index contributed by atoms with van der Waals surface area (Å²) in [5.41, 5.74) is 10.8. The summed E-state index contributed by atoms with van der Waals surface area (Å²) in [4.78, 5) is 30.3. The van der Waals surface area contributed by atoms with E-state index in [0.29, 0.717) is 10.0 Å². The molecule has 0 fully saturated rings. The van der Waals surface area contributed by atoms with Gasteiger partial charge in [-0.25, -0.2) is 4.98 Å². The molecule has 18 heavy (non-hydrogen) atoms. The number of nitrogens with zero attached hydrogens (tertiary/aromatic N) is 3. The van der Waals surface area contributed by atoms with E-state index in [1.54, 1.807) is 0 Å². The molecule has 0 saturated heterocycles. The second-order valence-corrected chi connectivity index (χ2v) is 4.83. The molecule has 7 nitrogen and oxygen atoms in total. The normalized spacial score (nSPS) is 10.2. The highest BCUT2D eigenvalue weighted by Gasteiger charge is 2.21. The van der Waals surface area contributed by atoms with Gasteiger partial charge in [-0.2, -0.15) is 0 Å². The first-order valence-electron chi connectivity index (χ1n) is 5.38. The van der Waals surface area contributed by atoms with Gasteiger partial charge in [0.25, 0.3) is 5.91 Å². The van der Waals surface area contributed by atoms with Gasteiger partial charge in [0.05, 0.1) is 6.54 Å². The quantitative estimate of drug-likeness (QED) is 0.767. The number of nitrogens with two attached hydrogens (primary N) is 2. The molecule has 1 aromatic rings. The first-order valence-corrected chi connectivity index (χ1v) is 6.19. The molecule has 100 valence electrons. The van der Waals surface area contributed by atoms with E-state index in [4.69, 9.17) is 11.5 Å². The zero-order valence-corrected chi connectivity index (χ0v) is 11.5. The number of aromatic nitrogens is 1. The van der Waals surface area contributed by atoms with Gasteiger partial charge in [-0.15, -0.1) is 0 Å². The molecule has 0 aliphatic heterocycles. The molecule has 1 heterocycles. The van der Waals surface area contributed by atoms with Crippen molar-refractivity contribution in [3.63, 3.8) is 0 Å². The third-order valence-corrected chi connectivity index (χ3v) is 3.55. The Hall–Kier alpha value is -1.83. The highest BCUT2D eigenvalue weighted by atomic mass is 32.1. The van der Waals surface area contributed by atoms with Crippen LogP contribution in [0.15, 0.2) is 0 Å². The van der Waals surface area contributed by atoms with E-state index in [1.165, 1.54) is 23.3 Å². The lowest BCUT2D eigenvalue weighted by Crippen LogP contribution is -2.35.